The Balaban J connectivity index is 2.47. The Morgan fingerprint density at radius 1 is 0.542 bits per heavy atom. The molecule has 0 saturated heterocycles. The minimum atomic E-state index is -2.26. The van der Waals surface area contributed by atoms with Crippen LogP contribution in [0.4, 0.5) is 0 Å². The van der Waals surface area contributed by atoms with Gasteiger partial charge in [0.2, 0.25) is 8.32 Å². The molecule has 1 nitrogen and oxygen atoms in total. The van der Waals surface area contributed by atoms with Crippen molar-refractivity contribution < 1.29 is 4.43 Å². The van der Waals surface area contributed by atoms with Crippen molar-refractivity contribution in [2.45, 2.75) is 81.9 Å². The summed E-state index contributed by atoms with van der Waals surface area (Å²) in [6.45, 7) is 24.9. The van der Waals surface area contributed by atoms with Crippen molar-refractivity contribution in [1.82, 2.24) is 0 Å². The van der Waals surface area contributed by atoms with Crippen LogP contribution in [0.15, 0.2) is 0 Å². The molecule has 2 aliphatic carbocycles. The first-order chi connectivity index (χ1) is 10.9. The average molecular weight is 343 g/mol. The van der Waals surface area contributed by atoms with E-state index in [0.717, 1.165) is 0 Å². The van der Waals surface area contributed by atoms with Gasteiger partial charge in [0.05, 0.1) is 0 Å². The summed E-state index contributed by atoms with van der Waals surface area (Å²) in [5.74, 6) is 11.5. The lowest BCUT2D eigenvalue weighted by Crippen LogP contribution is -2.54. The van der Waals surface area contributed by atoms with Crippen molar-refractivity contribution in [2.24, 2.45) is 0 Å². The molecule has 0 heterocycles. The Morgan fingerprint density at radius 2 is 0.792 bits per heavy atom. The Morgan fingerprint density at radius 3 is 1.00 bits per heavy atom. The fourth-order valence-electron chi connectivity index (χ4n) is 4.58. The fourth-order valence-corrected chi connectivity index (χ4v) is 9.62. The van der Waals surface area contributed by atoms with Gasteiger partial charge in [0.15, 0.2) is 0 Å². The van der Waals surface area contributed by atoms with Crippen LogP contribution in [0.3, 0.4) is 0 Å². The second kappa shape index (κ2) is 7.06. The molecule has 132 valence electrons. The van der Waals surface area contributed by atoms with Gasteiger partial charge in [-0.25, -0.2) is 0 Å². The Hall–Kier alpha value is 0.177. The predicted molar refractivity (Wildman–Crippen MR) is 106 cm³/mol. The van der Waals surface area contributed by atoms with Gasteiger partial charge in [-0.15, -0.1) is 0 Å². The third-order valence-corrected chi connectivity index (χ3v) is 10.7. The molecule has 0 aromatic heterocycles. The molecule has 0 spiro atoms. The minimum absolute atomic E-state index is 0.227. The highest BCUT2D eigenvalue weighted by Gasteiger charge is 2.63. The SMILES string of the molecule is C[C]1[C](C)[C](C)[C]([Si](C)(OC(C)C)[C]2[C](C)[C](C)[C](C)[C]2C)[C]1C. The van der Waals surface area contributed by atoms with Gasteiger partial charge in [0.25, 0.3) is 0 Å². The normalized spacial score (nSPS) is 27.5. The van der Waals surface area contributed by atoms with Crippen LogP contribution in [0.2, 0.25) is 6.55 Å². The molecule has 0 aliphatic heterocycles. The number of hydrogen-bond acceptors (Lipinski definition) is 1. The van der Waals surface area contributed by atoms with Crippen LogP contribution in [-0.4, -0.2) is 14.4 Å². The molecule has 24 heavy (non-hydrogen) atoms. The zero-order valence-electron chi connectivity index (χ0n) is 17.5. The molecule has 0 bridgehead atoms. The van der Waals surface area contributed by atoms with Crippen molar-refractivity contribution in [3.8, 4) is 0 Å². The smallest absolute Gasteiger partial charge is 0.205 e. The Bertz CT molecular complexity index is 374. The predicted octanol–water partition coefficient (Wildman–Crippen LogP) is 6.00. The van der Waals surface area contributed by atoms with E-state index in [1.165, 1.54) is 58.4 Å². The van der Waals surface area contributed by atoms with Gasteiger partial charge in [0, 0.05) is 17.2 Å². The highest BCUT2D eigenvalue weighted by Crippen LogP contribution is 2.63. The molecule has 2 rings (SSSR count). The first-order valence-electron chi connectivity index (χ1n) is 9.09. The van der Waals surface area contributed by atoms with Crippen LogP contribution in [0.25, 0.3) is 0 Å². The van der Waals surface area contributed by atoms with Crippen LogP contribution in [0.1, 0.15) is 69.2 Å². The highest BCUT2D eigenvalue weighted by molar-refractivity contribution is 6.86. The first-order valence-corrected chi connectivity index (χ1v) is 11.5. The van der Waals surface area contributed by atoms with Gasteiger partial charge >= 0.3 is 0 Å². The van der Waals surface area contributed by atoms with E-state index in [0.29, 0.717) is 0 Å². The molecular weight excluding hydrogens is 308 g/mol. The second-order valence-corrected chi connectivity index (χ2v) is 11.3. The number of rotatable bonds is 4. The third-order valence-electron chi connectivity index (χ3n) is 6.30. The van der Waals surface area contributed by atoms with Crippen molar-refractivity contribution in [3.63, 3.8) is 0 Å². The molecule has 0 N–H and O–H groups in total. The molecule has 0 amide bonds. The molecule has 2 saturated carbocycles. The molecule has 10 radical (unpaired) electrons. The maximum Gasteiger partial charge on any atom is 0.205 e. The Kier molecular flexibility index (Phi) is 6.03. The zero-order valence-corrected chi connectivity index (χ0v) is 18.5. The largest absolute Gasteiger partial charge is 0.414 e. The summed E-state index contributed by atoms with van der Waals surface area (Å²) in [5.41, 5.74) is 3.00. The van der Waals surface area contributed by atoms with E-state index in [2.05, 4.69) is 75.8 Å². The third kappa shape index (κ3) is 3.04. The van der Waals surface area contributed by atoms with Gasteiger partial charge in [-0.05, 0) is 67.7 Å². The van der Waals surface area contributed by atoms with Gasteiger partial charge < -0.3 is 4.43 Å². The van der Waals surface area contributed by atoms with Crippen LogP contribution < -0.4 is 0 Å². The van der Waals surface area contributed by atoms with E-state index < -0.39 is 8.32 Å². The monoisotopic (exact) mass is 342 g/mol. The lowest BCUT2D eigenvalue weighted by molar-refractivity contribution is 0.231. The molecule has 2 fully saturated rings. The number of hydrogen-bond donors (Lipinski definition) is 0. The van der Waals surface area contributed by atoms with E-state index in [4.69, 9.17) is 4.43 Å². The lowest BCUT2D eigenvalue weighted by atomic mass is 9.92. The van der Waals surface area contributed by atoms with E-state index in [1.54, 1.807) is 0 Å². The highest BCUT2D eigenvalue weighted by atomic mass is 28.4. The summed E-state index contributed by atoms with van der Waals surface area (Å²) in [6.07, 6.45) is 0.227. The summed E-state index contributed by atoms with van der Waals surface area (Å²) < 4.78 is 6.81. The van der Waals surface area contributed by atoms with Crippen molar-refractivity contribution in [3.05, 3.63) is 58.4 Å². The average Bonchev–Trinajstić information content (AvgIpc) is 2.80. The van der Waals surface area contributed by atoms with Crippen molar-refractivity contribution in [1.29, 1.82) is 0 Å². The van der Waals surface area contributed by atoms with Crippen LogP contribution in [-0.2, 0) is 4.43 Å². The topological polar surface area (TPSA) is 9.23 Å². The fraction of sp³-hybridized carbons (Fsp3) is 0.545. The molecule has 0 unspecified atom stereocenters. The van der Waals surface area contributed by atoms with E-state index in [1.807, 2.05) is 0 Å². The summed E-state index contributed by atoms with van der Waals surface area (Å²) in [5, 5.41) is 0. The molecule has 0 atom stereocenters. The van der Waals surface area contributed by atoms with Gasteiger partial charge in [-0.2, -0.15) is 0 Å². The molecule has 2 aliphatic rings. The standard InChI is InChI=1S/C22H34OSi/c1-12(2)23-24(11,21-17(7)13(3)14(4)18(21)8)22-19(9)15(5)16(6)20(22)10/h12H,1-11H3. The summed E-state index contributed by atoms with van der Waals surface area (Å²) in [7, 11) is -2.26. The summed E-state index contributed by atoms with van der Waals surface area (Å²) >= 11 is 0. The minimum Gasteiger partial charge on any atom is -0.414 e. The van der Waals surface area contributed by atoms with Crippen LogP contribution in [0.5, 0.6) is 0 Å². The van der Waals surface area contributed by atoms with E-state index >= 15 is 0 Å². The molecule has 2 heteroatoms. The van der Waals surface area contributed by atoms with Gasteiger partial charge in [-0.1, -0.05) is 55.4 Å². The Labute approximate surface area is 153 Å². The van der Waals surface area contributed by atoms with E-state index in [-0.39, 0.29) is 6.10 Å². The van der Waals surface area contributed by atoms with Crippen LogP contribution in [0, 0.1) is 58.4 Å². The maximum atomic E-state index is 6.81. The summed E-state index contributed by atoms with van der Waals surface area (Å²) in [4.78, 5) is 0. The quantitative estimate of drug-likeness (QED) is 0.570. The molecular formula is C22H34OSi. The van der Waals surface area contributed by atoms with Crippen molar-refractivity contribution >= 4 is 8.32 Å². The van der Waals surface area contributed by atoms with E-state index in [9.17, 15) is 0 Å². The van der Waals surface area contributed by atoms with Crippen molar-refractivity contribution in [2.75, 3.05) is 0 Å². The maximum absolute atomic E-state index is 6.81. The summed E-state index contributed by atoms with van der Waals surface area (Å²) in [6, 6.07) is 0. The first kappa shape index (κ1) is 20.5. The molecule has 0 aromatic carbocycles. The second-order valence-electron chi connectivity index (χ2n) is 7.95. The van der Waals surface area contributed by atoms with Crippen LogP contribution >= 0.6 is 0 Å². The van der Waals surface area contributed by atoms with Gasteiger partial charge in [0.1, 0.15) is 0 Å². The van der Waals surface area contributed by atoms with Gasteiger partial charge in [-0.3, -0.25) is 0 Å². The zero-order chi connectivity index (χ0) is 18.6. The molecule has 0 aromatic rings. The lowest BCUT2D eigenvalue weighted by Gasteiger charge is -2.45.